The first-order valence-electron chi connectivity index (χ1n) is 12.6. The lowest BCUT2D eigenvalue weighted by Crippen LogP contribution is -2.35. The highest BCUT2D eigenvalue weighted by Gasteiger charge is 2.35. The second-order valence-corrected chi connectivity index (χ2v) is 14.1. The molecule has 0 aliphatic carbocycles. The first-order valence-corrected chi connectivity index (χ1v) is 16.6. The lowest BCUT2D eigenvalue weighted by Gasteiger charge is -2.17. The lowest BCUT2D eigenvalue weighted by molar-refractivity contribution is -0.140. The number of hydrogen-bond acceptors (Lipinski definition) is 11. The number of hydrogen-bond donors (Lipinski definition) is 2. The van der Waals surface area contributed by atoms with Crippen LogP contribution in [0, 0.1) is 9.20 Å². The Kier molecular flexibility index (Phi) is 9.06. The molecule has 11 nitrogen and oxygen atoms in total. The topological polar surface area (TPSA) is 142 Å². The highest BCUT2D eigenvalue weighted by Crippen LogP contribution is 2.46. The van der Waals surface area contributed by atoms with Crippen LogP contribution >= 0.6 is 70.0 Å². The molecule has 43 heavy (non-hydrogen) atoms. The van der Waals surface area contributed by atoms with Crippen molar-refractivity contribution in [3.8, 4) is 0 Å². The van der Waals surface area contributed by atoms with Crippen molar-refractivity contribution in [2.45, 2.75) is 31.8 Å². The smallest absolute Gasteiger partial charge is 0.323 e. The maximum absolute atomic E-state index is 13.6. The van der Waals surface area contributed by atoms with Crippen LogP contribution in [0.15, 0.2) is 43.8 Å². The van der Waals surface area contributed by atoms with Crippen molar-refractivity contribution < 1.29 is 24.6 Å². The Balaban J connectivity index is 1.73. The molecule has 0 atom stereocenters. The van der Waals surface area contributed by atoms with E-state index in [1.807, 2.05) is 31.2 Å². The van der Waals surface area contributed by atoms with Crippen LogP contribution in [-0.4, -0.2) is 59.5 Å². The summed E-state index contributed by atoms with van der Waals surface area (Å²) in [5.74, 6) is -3.33. The first-order chi connectivity index (χ1) is 20.4. The van der Waals surface area contributed by atoms with E-state index in [9.17, 15) is 34.2 Å². The molecule has 2 aliphatic heterocycles. The summed E-state index contributed by atoms with van der Waals surface area (Å²) in [5.41, 5.74) is -0.0335. The summed E-state index contributed by atoms with van der Waals surface area (Å²) in [5, 5.41) is 20.2. The molecule has 2 aliphatic rings. The molecule has 0 unspecified atom stereocenters. The molecule has 1 amide bonds. The van der Waals surface area contributed by atoms with Gasteiger partial charge in [0.1, 0.15) is 36.2 Å². The number of carbonyl (C=O) groups is 3. The molecule has 5 rings (SSSR count). The summed E-state index contributed by atoms with van der Waals surface area (Å²) in [6.45, 7) is 3.27. The van der Waals surface area contributed by atoms with Gasteiger partial charge >= 0.3 is 11.9 Å². The van der Waals surface area contributed by atoms with Gasteiger partial charge in [0.05, 0.1) is 15.2 Å². The van der Waals surface area contributed by atoms with Gasteiger partial charge in [-0.2, -0.15) is 0 Å². The fraction of sp³-hybridized carbons (Fsp3) is 0.231. The van der Waals surface area contributed by atoms with E-state index >= 15 is 0 Å². The van der Waals surface area contributed by atoms with E-state index in [0.717, 1.165) is 59.5 Å². The molecule has 0 spiro atoms. The number of benzene rings is 1. The first kappa shape index (κ1) is 31.3. The van der Waals surface area contributed by atoms with Crippen LogP contribution in [-0.2, 0) is 27.5 Å². The van der Waals surface area contributed by atoms with Gasteiger partial charge < -0.3 is 15.1 Å². The third-order valence-corrected chi connectivity index (χ3v) is 11.7. The molecule has 17 heteroatoms. The molecular weight excluding hydrogens is 676 g/mol. The number of aromatic nitrogens is 2. The monoisotopic (exact) mass is 696 g/mol. The summed E-state index contributed by atoms with van der Waals surface area (Å²) in [6.07, 6.45) is 3.53. The van der Waals surface area contributed by atoms with Crippen LogP contribution in [0.1, 0.15) is 13.8 Å². The van der Waals surface area contributed by atoms with Crippen LogP contribution in [0.5, 0.6) is 0 Å². The van der Waals surface area contributed by atoms with E-state index in [0.29, 0.717) is 20.8 Å². The number of nitrogens with zero attached hydrogens (tertiary/aromatic N) is 4. The van der Waals surface area contributed by atoms with Crippen LogP contribution in [0.25, 0.3) is 11.0 Å². The van der Waals surface area contributed by atoms with Crippen molar-refractivity contribution >= 4 is 109 Å². The number of aliphatic carboxylic acids is 2. The van der Waals surface area contributed by atoms with Crippen molar-refractivity contribution in [1.82, 2.24) is 14.0 Å². The van der Waals surface area contributed by atoms with E-state index in [4.69, 9.17) is 23.8 Å². The zero-order valence-corrected chi connectivity index (χ0v) is 27.2. The Labute approximate surface area is 269 Å². The van der Waals surface area contributed by atoms with Crippen molar-refractivity contribution in [3.05, 3.63) is 73.4 Å². The number of thioether (sulfide) groups is 2. The van der Waals surface area contributed by atoms with Crippen LogP contribution in [0.4, 0.5) is 5.69 Å². The second-order valence-electron chi connectivity index (χ2n) is 8.95. The molecule has 1 aromatic carbocycles. The number of anilines is 1. The molecule has 2 aromatic heterocycles. The maximum atomic E-state index is 13.6. The molecule has 1 saturated heterocycles. The van der Waals surface area contributed by atoms with Gasteiger partial charge in [-0.1, -0.05) is 47.3 Å². The van der Waals surface area contributed by atoms with Crippen molar-refractivity contribution in [1.29, 1.82) is 0 Å². The molecule has 0 bridgehead atoms. The number of thiazole rings is 2. The van der Waals surface area contributed by atoms with Crippen LogP contribution in [0.2, 0.25) is 5.02 Å². The number of fused-ring (bicyclic) bond motifs is 1. The summed E-state index contributed by atoms with van der Waals surface area (Å²) in [6, 6.07) is 5.64. The summed E-state index contributed by atoms with van der Waals surface area (Å²) < 4.78 is 3.16. The second kappa shape index (κ2) is 12.5. The number of thiocarbonyl (C=S) groups is 1. The summed E-state index contributed by atoms with van der Waals surface area (Å²) >= 11 is 15.7. The fourth-order valence-corrected chi connectivity index (χ4v) is 9.52. The van der Waals surface area contributed by atoms with Crippen molar-refractivity contribution in [2.75, 3.05) is 18.0 Å². The highest BCUT2D eigenvalue weighted by atomic mass is 35.5. The van der Waals surface area contributed by atoms with E-state index in [-0.39, 0.29) is 30.5 Å². The zero-order chi connectivity index (χ0) is 31.2. The Morgan fingerprint density at radius 3 is 2.28 bits per heavy atom. The number of carboxylic acids is 2. The molecule has 2 N–H and O–H groups in total. The van der Waals surface area contributed by atoms with Gasteiger partial charge in [-0.25, -0.2) is 0 Å². The van der Waals surface area contributed by atoms with Gasteiger partial charge in [-0.15, -0.1) is 22.7 Å². The lowest BCUT2D eigenvalue weighted by atomic mass is 10.3. The summed E-state index contributed by atoms with van der Waals surface area (Å²) in [4.78, 5) is 67.0. The van der Waals surface area contributed by atoms with Crippen molar-refractivity contribution in [2.24, 2.45) is 0 Å². The van der Waals surface area contributed by atoms with Crippen LogP contribution in [0.3, 0.4) is 0 Å². The third kappa shape index (κ3) is 5.86. The Bertz CT molecular complexity index is 2100. The molecule has 3 aromatic rings. The summed E-state index contributed by atoms with van der Waals surface area (Å²) in [7, 11) is 0. The van der Waals surface area contributed by atoms with Gasteiger partial charge in [0.2, 0.25) is 0 Å². The minimum atomic E-state index is -1.31. The SMILES string of the molecule is CCN1C(=CC=c2s/c(=c3\sc(=C4SC(=S)N(CC(=O)O)C4=O)n(CC(=O)O)c3=O)n(CC)c2=O)Sc2ccc(Cl)cc21. The molecule has 4 heterocycles. The largest absolute Gasteiger partial charge is 0.480 e. The van der Waals surface area contributed by atoms with Gasteiger partial charge in [0.15, 0.2) is 0 Å². The number of amides is 1. The minimum Gasteiger partial charge on any atom is -0.480 e. The molecular formula is C26H21ClN4O7S5. The molecule has 0 radical (unpaired) electrons. The average molecular weight is 697 g/mol. The Morgan fingerprint density at radius 2 is 1.63 bits per heavy atom. The predicted molar refractivity (Wildman–Crippen MR) is 173 cm³/mol. The van der Waals surface area contributed by atoms with E-state index < -0.39 is 36.5 Å². The number of halogens is 1. The minimum absolute atomic E-state index is 0.0199. The zero-order valence-electron chi connectivity index (χ0n) is 22.4. The Morgan fingerprint density at radius 1 is 0.907 bits per heavy atom. The van der Waals surface area contributed by atoms with Gasteiger partial charge in [-0.3, -0.25) is 38.0 Å². The number of rotatable bonds is 7. The quantitative estimate of drug-likeness (QED) is 0.352. The number of allylic oxidation sites excluding steroid dienone is 1. The van der Waals surface area contributed by atoms with Crippen molar-refractivity contribution in [3.63, 3.8) is 0 Å². The standard InChI is InChI=1S/C26H21ClN4O7S5/c1-3-28-13-9-12(27)5-6-14(13)40-16(28)8-7-15-21(36)29(4-2)24(41-15)19-22(37)30(10-17(32)33)25(42-19)20-23(38)31(11-18(34)35)26(39)43-20/h5-9H,3-4,10-11H2,1-2H3,(H,32,33)(H,34,35)/b15-7?,16-8?,24-19-,25-20?. The predicted octanol–water partition coefficient (Wildman–Crippen LogP) is 2.49. The van der Waals surface area contributed by atoms with Crippen LogP contribution < -0.4 is 25.2 Å². The maximum Gasteiger partial charge on any atom is 0.323 e. The Hall–Kier alpha value is -3.15. The van der Waals surface area contributed by atoms with E-state index in [1.54, 1.807) is 24.8 Å². The van der Waals surface area contributed by atoms with E-state index in [1.165, 1.54) is 4.57 Å². The van der Waals surface area contributed by atoms with Gasteiger partial charge in [-0.05, 0) is 44.2 Å². The number of carboxylic acid groups (broad SMARTS) is 2. The molecule has 224 valence electrons. The fourth-order valence-electron chi connectivity index (χ4n) is 4.45. The average Bonchev–Trinajstić information content (AvgIpc) is 3.64. The highest BCUT2D eigenvalue weighted by molar-refractivity contribution is 8.30. The van der Waals surface area contributed by atoms with Gasteiger partial charge in [0.25, 0.3) is 17.0 Å². The van der Waals surface area contributed by atoms with E-state index in [2.05, 4.69) is 4.90 Å². The van der Waals surface area contributed by atoms with Gasteiger partial charge in [0, 0.05) is 23.0 Å². The number of carbonyl (C=O) groups excluding carboxylic acids is 1. The normalized spacial score (nSPS) is 18.3. The molecule has 1 fully saturated rings. The third-order valence-electron chi connectivity index (χ3n) is 6.32. The molecule has 0 saturated carbocycles.